The number of thioether (sulfide) groups is 1. The molecule has 3 nitrogen and oxygen atoms in total. The number of rotatable bonds is 4. The van der Waals surface area contributed by atoms with Crippen LogP contribution in [0.25, 0.3) is 10.6 Å². The molecule has 0 aliphatic heterocycles. The van der Waals surface area contributed by atoms with Crippen LogP contribution in [0, 0.1) is 0 Å². The molecule has 0 fully saturated rings. The molecule has 0 aliphatic rings. The fourth-order valence-electron chi connectivity index (χ4n) is 1.72. The van der Waals surface area contributed by atoms with Gasteiger partial charge in [-0.05, 0) is 29.6 Å². The Hall–Kier alpha value is -1.43. The molecule has 0 saturated heterocycles. The lowest BCUT2D eigenvalue weighted by Gasteiger charge is -2.03. The van der Waals surface area contributed by atoms with E-state index in [0.717, 1.165) is 21.2 Å². The summed E-state index contributed by atoms with van der Waals surface area (Å²) in [5.74, 6) is 1.51. The Balaban J connectivity index is 1.70. The zero-order valence-electron chi connectivity index (χ0n) is 10.4. The highest BCUT2D eigenvalue weighted by Gasteiger charge is 2.09. The van der Waals surface area contributed by atoms with Crippen LogP contribution >= 0.6 is 34.7 Å². The number of nitrogens with two attached hydrogens (primary N) is 1. The van der Waals surface area contributed by atoms with E-state index in [4.69, 9.17) is 21.9 Å². The SMILES string of the molecule is Nc1cc(Cl)ccc1SCc1cc(-c2cccs2)on1. The van der Waals surface area contributed by atoms with Gasteiger partial charge in [0.15, 0.2) is 5.76 Å². The van der Waals surface area contributed by atoms with Gasteiger partial charge in [0, 0.05) is 27.4 Å². The normalized spacial score (nSPS) is 10.8. The van der Waals surface area contributed by atoms with Crippen molar-refractivity contribution >= 4 is 40.4 Å². The smallest absolute Gasteiger partial charge is 0.177 e. The van der Waals surface area contributed by atoms with Gasteiger partial charge in [0.1, 0.15) is 0 Å². The fraction of sp³-hybridized carbons (Fsp3) is 0.0714. The van der Waals surface area contributed by atoms with Crippen molar-refractivity contribution in [2.45, 2.75) is 10.6 Å². The predicted molar refractivity (Wildman–Crippen MR) is 85.2 cm³/mol. The molecule has 3 aromatic rings. The van der Waals surface area contributed by atoms with Gasteiger partial charge >= 0.3 is 0 Å². The van der Waals surface area contributed by atoms with E-state index in [9.17, 15) is 0 Å². The second kappa shape index (κ2) is 5.91. The molecule has 0 amide bonds. The summed E-state index contributed by atoms with van der Waals surface area (Å²) in [6.45, 7) is 0. The Kier molecular flexibility index (Phi) is 4.00. The third-order valence-corrected chi connectivity index (χ3v) is 4.91. The number of thiophene rings is 1. The standard InChI is InChI=1S/C14H11ClN2OS2/c15-9-3-4-13(11(16)6-9)20-8-10-7-12(18-17-10)14-2-1-5-19-14/h1-7H,8,16H2. The van der Waals surface area contributed by atoms with Gasteiger partial charge in [-0.1, -0.05) is 22.8 Å². The summed E-state index contributed by atoms with van der Waals surface area (Å²) in [7, 11) is 0. The minimum absolute atomic E-state index is 0.647. The lowest BCUT2D eigenvalue weighted by Crippen LogP contribution is -1.88. The molecular formula is C14H11ClN2OS2. The molecule has 2 aromatic heterocycles. The van der Waals surface area contributed by atoms with Crippen molar-refractivity contribution in [1.29, 1.82) is 0 Å². The highest BCUT2D eigenvalue weighted by molar-refractivity contribution is 7.98. The Morgan fingerprint density at radius 2 is 2.20 bits per heavy atom. The number of hydrogen-bond acceptors (Lipinski definition) is 5. The number of halogens is 1. The average Bonchev–Trinajstić information content (AvgIpc) is 3.08. The van der Waals surface area contributed by atoms with E-state index in [1.807, 2.05) is 35.7 Å². The van der Waals surface area contributed by atoms with Crippen molar-refractivity contribution in [3.63, 3.8) is 0 Å². The quantitative estimate of drug-likeness (QED) is 0.546. The van der Waals surface area contributed by atoms with Gasteiger partial charge in [0.05, 0.1) is 10.6 Å². The van der Waals surface area contributed by atoms with Gasteiger partial charge in [0.2, 0.25) is 0 Å². The Bertz CT molecular complexity index is 710. The molecule has 20 heavy (non-hydrogen) atoms. The third-order valence-electron chi connectivity index (χ3n) is 2.67. The lowest BCUT2D eigenvalue weighted by atomic mass is 10.3. The molecule has 0 atom stereocenters. The topological polar surface area (TPSA) is 52.0 Å². The van der Waals surface area contributed by atoms with Crippen LogP contribution in [0.4, 0.5) is 5.69 Å². The first-order chi connectivity index (χ1) is 9.72. The van der Waals surface area contributed by atoms with Crippen LogP contribution < -0.4 is 5.73 Å². The molecule has 0 saturated carbocycles. The zero-order valence-corrected chi connectivity index (χ0v) is 12.8. The van der Waals surface area contributed by atoms with Crippen molar-refractivity contribution in [3.05, 3.63) is 52.5 Å². The molecule has 2 N–H and O–H groups in total. The first kappa shape index (κ1) is 13.5. The molecule has 3 rings (SSSR count). The maximum absolute atomic E-state index is 5.92. The van der Waals surface area contributed by atoms with Gasteiger partial charge in [-0.25, -0.2) is 0 Å². The van der Waals surface area contributed by atoms with Crippen LogP contribution in [-0.4, -0.2) is 5.16 Å². The van der Waals surface area contributed by atoms with Crippen LogP contribution in [0.15, 0.2) is 51.2 Å². The first-order valence-electron chi connectivity index (χ1n) is 5.89. The Morgan fingerprint density at radius 3 is 2.95 bits per heavy atom. The van der Waals surface area contributed by atoms with Crippen LogP contribution in [0.1, 0.15) is 5.69 Å². The van der Waals surface area contributed by atoms with E-state index in [-0.39, 0.29) is 0 Å². The summed E-state index contributed by atoms with van der Waals surface area (Å²) < 4.78 is 5.34. The first-order valence-corrected chi connectivity index (χ1v) is 8.14. The Morgan fingerprint density at radius 1 is 1.30 bits per heavy atom. The Labute approximate surface area is 129 Å². The van der Waals surface area contributed by atoms with Crippen molar-refractivity contribution in [1.82, 2.24) is 5.16 Å². The average molecular weight is 323 g/mol. The molecule has 2 heterocycles. The molecule has 1 aromatic carbocycles. The van der Waals surface area contributed by atoms with Gasteiger partial charge in [-0.2, -0.15) is 0 Å². The summed E-state index contributed by atoms with van der Waals surface area (Å²) in [5, 5.41) is 6.74. The number of nitrogens with zero attached hydrogens (tertiary/aromatic N) is 1. The molecular weight excluding hydrogens is 312 g/mol. The van der Waals surface area contributed by atoms with Crippen LogP contribution in [-0.2, 0) is 5.75 Å². The highest BCUT2D eigenvalue weighted by atomic mass is 35.5. The van der Waals surface area contributed by atoms with Crippen LogP contribution in [0.3, 0.4) is 0 Å². The monoisotopic (exact) mass is 322 g/mol. The molecule has 6 heteroatoms. The van der Waals surface area contributed by atoms with E-state index < -0.39 is 0 Å². The fourth-order valence-corrected chi connectivity index (χ4v) is 3.40. The summed E-state index contributed by atoms with van der Waals surface area (Å²) in [6.07, 6.45) is 0. The minimum atomic E-state index is 0.647. The van der Waals surface area contributed by atoms with Gasteiger partial charge in [-0.3, -0.25) is 0 Å². The van der Waals surface area contributed by atoms with E-state index in [1.54, 1.807) is 29.2 Å². The second-order valence-electron chi connectivity index (χ2n) is 4.13. The number of benzene rings is 1. The minimum Gasteiger partial charge on any atom is -0.398 e. The highest BCUT2D eigenvalue weighted by Crippen LogP contribution is 2.31. The number of hydrogen-bond donors (Lipinski definition) is 1. The second-order valence-corrected chi connectivity index (χ2v) is 6.53. The zero-order chi connectivity index (χ0) is 13.9. The van der Waals surface area contributed by atoms with Gasteiger partial charge < -0.3 is 10.3 Å². The molecule has 0 aliphatic carbocycles. The molecule has 0 unspecified atom stereocenters. The van der Waals surface area contributed by atoms with E-state index in [2.05, 4.69) is 5.16 Å². The van der Waals surface area contributed by atoms with Crippen LogP contribution in [0.5, 0.6) is 0 Å². The van der Waals surface area contributed by atoms with Crippen molar-refractivity contribution in [2.75, 3.05) is 5.73 Å². The molecule has 0 radical (unpaired) electrons. The van der Waals surface area contributed by atoms with E-state index in [0.29, 0.717) is 16.5 Å². The number of anilines is 1. The van der Waals surface area contributed by atoms with E-state index in [1.165, 1.54) is 0 Å². The van der Waals surface area contributed by atoms with E-state index >= 15 is 0 Å². The summed E-state index contributed by atoms with van der Waals surface area (Å²) in [4.78, 5) is 2.08. The molecule has 0 bridgehead atoms. The van der Waals surface area contributed by atoms with Crippen molar-refractivity contribution in [2.24, 2.45) is 0 Å². The van der Waals surface area contributed by atoms with Gasteiger partial charge in [0.25, 0.3) is 0 Å². The van der Waals surface area contributed by atoms with Crippen LogP contribution in [0.2, 0.25) is 5.02 Å². The third kappa shape index (κ3) is 3.00. The summed E-state index contributed by atoms with van der Waals surface area (Å²) in [6, 6.07) is 11.5. The summed E-state index contributed by atoms with van der Waals surface area (Å²) >= 11 is 9.13. The number of aromatic nitrogens is 1. The largest absolute Gasteiger partial charge is 0.398 e. The number of nitrogen functional groups attached to an aromatic ring is 1. The lowest BCUT2D eigenvalue weighted by molar-refractivity contribution is 0.427. The van der Waals surface area contributed by atoms with Crippen molar-refractivity contribution < 1.29 is 4.52 Å². The molecule has 102 valence electrons. The molecule has 0 spiro atoms. The predicted octanol–water partition coefficient (Wildman–Crippen LogP) is 4.93. The maximum atomic E-state index is 5.92. The van der Waals surface area contributed by atoms with Gasteiger partial charge in [-0.15, -0.1) is 23.1 Å². The summed E-state index contributed by atoms with van der Waals surface area (Å²) in [5.41, 5.74) is 7.50. The maximum Gasteiger partial charge on any atom is 0.177 e. The van der Waals surface area contributed by atoms with Crippen molar-refractivity contribution in [3.8, 4) is 10.6 Å².